The van der Waals surface area contributed by atoms with Crippen LogP contribution in [0.5, 0.6) is 0 Å². The van der Waals surface area contributed by atoms with Crippen molar-refractivity contribution in [1.82, 2.24) is 0 Å². The molecule has 2 rings (SSSR count). The zero-order chi connectivity index (χ0) is 11.9. The van der Waals surface area contributed by atoms with Gasteiger partial charge in [-0.25, -0.2) is 0 Å². The first-order chi connectivity index (χ1) is 8.42. The molecule has 88 valence electrons. The van der Waals surface area contributed by atoms with Gasteiger partial charge < -0.3 is 4.52 Å². The zero-order valence-corrected chi connectivity index (χ0v) is 10.9. The van der Waals surface area contributed by atoms with Crippen LogP contribution in [0.1, 0.15) is 23.5 Å². The predicted octanol–water partition coefficient (Wildman–Crippen LogP) is 4.02. The van der Waals surface area contributed by atoms with E-state index in [0.29, 0.717) is 5.92 Å². The van der Waals surface area contributed by atoms with Crippen molar-refractivity contribution in [2.45, 2.75) is 12.3 Å². The van der Waals surface area contributed by atoms with Crippen LogP contribution in [-0.4, -0.2) is 6.61 Å². The van der Waals surface area contributed by atoms with Crippen LogP contribution < -0.4 is 0 Å². The van der Waals surface area contributed by atoms with Gasteiger partial charge in [-0.2, -0.15) is 0 Å². The summed E-state index contributed by atoms with van der Waals surface area (Å²) in [5.41, 5.74) is 2.70. The molecule has 1 nitrogen and oxygen atoms in total. The molecule has 2 aromatic rings. The van der Waals surface area contributed by atoms with Crippen LogP contribution in [0.3, 0.4) is 0 Å². The van der Waals surface area contributed by atoms with Crippen molar-refractivity contribution in [2.75, 3.05) is 6.61 Å². The summed E-state index contributed by atoms with van der Waals surface area (Å²) < 4.78 is 5.13. The van der Waals surface area contributed by atoms with Gasteiger partial charge >= 0.3 is 0 Å². The fraction of sp³-hybridized carbons (Fsp3) is 0.200. The number of hydrogen-bond donors (Lipinski definition) is 0. The van der Waals surface area contributed by atoms with E-state index in [1.807, 2.05) is 0 Å². The highest BCUT2D eigenvalue weighted by atomic mass is 31.0. The third kappa shape index (κ3) is 3.39. The first-order valence-electron chi connectivity index (χ1n) is 5.83. The van der Waals surface area contributed by atoms with Crippen LogP contribution in [-0.2, 0) is 4.52 Å². The molecule has 0 aromatic heterocycles. The van der Waals surface area contributed by atoms with Crippen molar-refractivity contribution in [3.05, 3.63) is 71.8 Å². The maximum absolute atomic E-state index is 5.13. The molecule has 0 radical (unpaired) electrons. The molecule has 17 heavy (non-hydrogen) atoms. The van der Waals surface area contributed by atoms with Crippen LogP contribution in [0, 0.1) is 0 Å². The molecular weight excluding hydrogens is 227 g/mol. The average Bonchev–Trinajstić information content (AvgIpc) is 2.42. The molecule has 2 aromatic carbocycles. The van der Waals surface area contributed by atoms with E-state index in [-0.39, 0.29) is 0 Å². The van der Waals surface area contributed by atoms with Gasteiger partial charge in [-0.3, -0.25) is 0 Å². The molecule has 1 unspecified atom stereocenters. The summed E-state index contributed by atoms with van der Waals surface area (Å²) in [6.07, 6.45) is 0.998. The van der Waals surface area contributed by atoms with Crippen molar-refractivity contribution in [2.24, 2.45) is 0 Å². The average molecular weight is 244 g/mol. The summed E-state index contributed by atoms with van der Waals surface area (Å²) >= 11 is 0. The minimum absolute atomic E-state index is 0.415. The van der Waals surface area contributed by atoms with Gasteiger partial charge in [0.05, 0.1) is 6.61 Å². The van der Waals surface area contributed by atoms with E-state index in [4.69, 9.17) is 4.52 Å². The first-order valence-corrected chi connectivity index (χ1v) is 6.30. The Bertz CT molecular complexity index is 388. The van der Waals surface area contributed by atoms with Gasteiger partial charge in [0, 0.05) is 15.4 Å². The van der Waals surface area contributed by atoms with Gasteiger partial charge in [-0.05, 0) is 17.5 Å². The van der Waals surface area contributed by atoms with Crippen LogP contribution in [0.4, 0.5) is 0 Å². The van der Waals surface area contributed by atoms with E-state index in [1.165, 1.54) is 11.1 Å². The molecule has 0 aliphatic carbocycles. The Hall–Kier alpha value is -1.17. The third-order valence-electron chi connectivity index (χ3n) is 2.93. The zero-order valence-electron chi connectivity index (χ0n) is 9.75. The van der Waals surface area contributed by atoms with Gasteiger partial charge in [-0.15, -0.1) is 0 Å². The van der Waals surface area contributed by atoms with Crippen LogP contribution in [0.15, 0.2) is 60.7 Å². The van der Waals surface area contributed by atoms with Crippen LogP contribution in [0.2, 0.25) is 0 Å². The van der Waals surface area contributed by atoms with Gasteiger partial charge in [0.1, 0.15) is 0 Å². The predicted molar refractivity (Wildman–Crippen MR) is 75.0 cm³/mol. The van der Waals surface area contributed by atoms with Gasteiger partial charge in [0.15, 0.2) is 0 Å². The van der Waals surface area contributed by atoms with E-state index in [2.05, 4.69) is 70.1 Å². The van der Waals surface area contributed by atoms with Crippen LogP contribution in [0.25, 0.3) is 0 Å². The Morgan fingerprint density at radius 1 is 0.824 bits per heavy atom. The van der Waals surface area contributed by atoms with Crippen molar-refractivity contribution < 1.29 is 4.52 Å². The Balaban J connectivity index is 2.26. The number of rotatable bonds is 5. The minimum Gasteiger partial charge on any atom is -0.366 e. The number of benzene rings is 2. The second-order valence-electron chi connectivity index (χ2n) is 4.03. The fourth-order valence-electron chi connectivity index (χ4n) is 2.08. The van der Waals surface area contributed by atoms with Crippen molar-refractivity contribution in [3.63, 3.8) is 0 Å². The molecule has 0 saturated carbocycles. The summed E-state index contributed by atoms with van der Waals surface area (Å²) in [6.45, 7) is 0.749. The summed E-state index contributed by atoms with van der Waals surface area (Å²) in [4.78, 5) is 0. The van der Waals surface area contributed by atoms with Gasteiger partial charge in [0.2, 0.25) is 0 Å². The lowest BCUT2D eigenvalue weighted by Crippen LogP contribution is -2.03. The topological polar surface area (TPSA) is 9.23 Å². The summed E-state index contributed by atoms with van der Waals surface area (Å²) in [7, 11) is 2.32. The standard InChI is InChI=1S/C15H17OP/c17-16-12-11-15(13-7-3-1-4-8-13)14-9-5-2-6-10-14/h1-10,15H,11-12,17H2. The molecule has 0 heterocycles. The van der Waals surface area contributed by atoms with E-state index in [9.17, 15) is 0 Å². The molecule has 0 saturated heterocycles. The molecule has 0 amide bonds. The highest BCUT2D eigenvalue weighted by Gasteiger charge is 2.12. The molecular formula is C15H17OP. The minimum atomic E-state index is 0.415. The maximum Gasteiger partial charge on any atom is 0.0511 e. The quantitative estimate of drug-likeness (QED) is 0.722. The smallest absolute Gasteiger partial charge is 0.0511 e. The molecule has 0 aliphatic heterocycles. The molecule has 0 bridgehead atoms. The monoisotopic (exact) mass is 244 g/mol. The maximum atomic E-state index is 5.13. The first kappa shape index (κ1) is 12.3. The molecule has 0 N–H and O–H groups in total. The Kier molecular flexibility index (Phi) is 4.73. The Morgan fingerprint density at radius 3 is 1.71 bits per heavy atom. The molecule has 0 fully saturated rings. The molecule has 0 spiro atoms. The lowest BCUT2D eigenvalue weighted by molar-refractivity contribution is 0.353. The summed E-state index contributed by atoms with van der Waals surface area (Å²) in [5.74, 6) is 0.415. The molecule has 1 atom stereocenters. The Morgan fingerprint density at radius 2 is 1.29 bits per heavy atom. The van der Waals surface area contributed by atoms with Gasteiger partial charge in [-0.1, -0.05) is 60.7 Å². The molecule has 2 heteroatoms. The molecule has 0 aliphatic rings. The van der Waals surface area contributed by atoms with E-state index >= 15 is 0 Å². The lowest BCUT2D eigenvalue weighted by atomic mass is 9.89. The second-order valence-corrected chi connectivity index (χ2v) is 4.37. The van der Waals surface area contributed by atoms with Crippen molar-refractivity contribution in [3.8, 4) is 0 Å². The SMILES string of the molecule is POCCC(c1ccccc1)c1ccccc1. The second kappa shape index (κ2) is 6.54. The highest BCUT2D eigenvalue weighted by molar-refractivity contribution is 7.09. The Labute approximate surface area is 105 Å². The fourth-order valence-corrected chi connectivity index (χ4v) is 2.22. The third-order valence-corrected chi connectivity index (χ3v) is 3.16. The van der Waals surface area contributed by atoms with Crippen molar-refractivity contribution >= 4 is 9.47 Å². The van der Waals surface area contributed by atoms with E-state index in [1.54, 1.807) is 0 Å². The van der Waals surface area contributed by atoms with E-state index in [0.717, 1.165) is 13.0 Å². The van der Waals surface area contributed by atoms with Crippen molar-refractivity contribution in [1.29, 1.82) is 0 Å². The number of hydrogen-bond acceptors (Lipinski definition) is 1. The van der Waals surface area contributed by atoms with E-state index < -0.39 is 0 Å². The van der Waals surface area contributed by atoms with Crippen LogP contribution >= 0.6 is 9.47 Å². The largest absolute Gasteiger partial charge is 0.366 e. The summed E-state index contributed by atoms with van der Waals surface area (Å²) in [6, 6.07) is 21.2. The highest BCUT2D eigenvalue weighted by Crippen LogP contribution is 2.27. The summed E-state index contributed by atoms with van der Waals surface area (Å²) in [5, 5.41) is 0. The lowest BCUT2D eigenvalue weighted by Gasteiger charge is -2.17. The normalized spacial score (nSPS) is 10.7. The van der Waals surface area contributed by atoms with Gasteiger partial charge in [0.25, 0.3) is 0 Å².